The molecule has 0 bridgehead atoms. The van der Waals surface area contributed by atoms with E-state index in [4.69, 9.17) is 0 Å². The minimum atomic E-state index is -0.0953. The van der Waals surface area contributed by atoms with Crippen molar-refractivity contribution in [2.75, 3.05) is 11.9 Å². The predicted molar refractivity (Wildman–Crippen MR) is 90.6 cm³/mol. The van der Waals surface area contributed by atoms with E-state index in [0.29, 0.717) is 5.69 Å². The number of aromatic nitrogens is 1. The molecule has 1 aliphatic heterocycles. The molecular formula is C18H21N3O2. The topological polar surface area (TPSA) is 54.3 Å². The monoisotopic (exact) mass is 311 g/mol. The molecule has 2 amide bonds. The van der Waals surface area contributed by atoms with Gasteiger partial charge in [0.2, 0.25) is 5.56 Å². The van der Waals surface area contributed by atoms with Crippen molar-refractivity contribution in [2.45, 2.75) is 25.3 Å². The molecule has 1 aromatic heterocycles. The number of aryl methyl sites for hydroxylation is 1. The van der Waals surface area contributed by atoms with E-state index in [9.17, 15) is 9.59 Å². The van der Waals surface area contributed by atoms with Crippen LogP contribution in [0, 0.1) is 0 Å². The van der Waals surface area contributed by atoms with Crippen molar-refractivity contribution in [1.82, 2.24) is 9.47 Å². The summed E-state index contributed by atoms with van der Waals surface area (Å²) in [5.41, 5.74) is 1.80. The molecule has 5 heteroatoms. The molecule has 1 unspecified atom stereocenters. The fourth-order valence-electron chi connectivity index (χ4n) is 3.06. The molecule has 3 rings (SSSR count). The van der Waals surface area contributed by atoms with Gasteiger partial charge >= 0.3 is 6.03 Å². The van der Waals surface area contributed by atoms with Gasteiger partial charge < -0.3 is 14.8 Å². The number of carbonyl (C=O) groups excluding carboxylic acids is 1. The van der Waals surface area contributed by atoms with Crippen LogP contribution in [0.1, 0.15) is 18.4 Å². The lowest BCUT2D eigenvalue weighted by atomic mass is 10.0. The van der Waals surface area contributed by atoms with E-state index >= 15 is 0 Å². The molecule has 1 aromatic carbocycles. The number of rotatable bonds is 3. The number of hydrogen-bond acceptors (Lipinski definition) is 2. The smallest absolute Gasteiger partial charge is 0.321 e. The second kappa shape index (κ2) is 6.69. The van der Waals surface area contributed by atoms with Gasteiger partial charge in [-0.1, -0.05) is 30.3 Å². The Labute approximate surface area is 135 Å². The molecule has 0 spiro atoms. The Bertz CT molecular complexity index is 739. The number of hydrogen-bond donors (Lipinski definition) is 1. The largest absolute Gasteiger partial charge is 0.322 e. The van der Waals surface area contributed by atoms with Gasteiger partial charge in [-0.3, -0.25) is 4.79 Å². The van der Waals surface area contributed by atoms with Gasteiger partial charge in [-0.15, -0.1) is 0 Å². The first-order chi connectivity index (χ1) is 11.1. The Kier molecular flexibility index (Phi) is 4.46. The Balaban J connectivity index is 1.68. The molecule has 5 nitrogen and oxygen atoms in total. The van der Waals surface area contributed by atoms with E-state index in [1.165, 1.54) is 16.2 Å². The minimum Gasteiger partial charge on any atom is -0.321 e. The van der Waals surface area contributed by atoms with Gasteiger partial charge in [0.25, 0.3) is 0 Å². The van der Waals surface area contributed by atoms with Crippen molar-refractivity contribution in [2.24, 2.45) is 7.05 Å². The number of likely N-dealkylation sites (tertiary alicyclic amines) is 1. The zero-order chi connectivity index (χ0) is 16.2. The number of nitrogens with one attached hydrogen (secondary N) is 1. The maximum absolute atomic E-state index is 12.5. The number of amides is 2. The molecule has 1 aliphatic rings. The third-order valence-electron chi connectivity index (χ3n) is 4.29. The van der Waals surface area contributed by atoms with E-state index in [0.717, 1.165) is 25.8 Å². The van der Waals surface area contributed by atoms with Crippen molar-refractivity contribution in [1.29, 1.82) is 0 Å². The van der Waals surface area contributed by atoms with E-state index in [1.54, 1.807) is 19.3 Å². The molecule has 23 heavy (non-hydrogen) atoms. The first kappa shape index (κ1) is 15.3. The molecule has 0 saturated carbocycles. The number of anilines is 1. The van der Waals surface area contributed by atoms with Crippen molar-refractivity contribution < 1.29 is 4.79 Å². The molecule has 120 valence electrons. The summed E-state index contributed by atoms with van der Waals surface area (Å²) in [6.45, 7) is 0.773. The summed E-state index contributed by atoms with van der Waals surface area (Å²) in [5.74, 6) is 0. The van der Waals surface area contributed by atoms with Gasteiger partial charge in [0, 0.05) is 31.9 Å². The number of benzene rings is 1. The number of nitrogens with zero attached hydrogens (tertiary/aromatic N) is 2. The van der Waals surface area contributed by atoms with Crippen molar-refractivity contribution in [3.63, 3.8) is 0 Å². The molecular weight excluding hydrogens is 290 g/mol. The lowest BCUT2D eigenvalue weighted by molar-refractivity contribution is 0.206. The molecule has 1 fully saturated rings. The van der Waals surface area contributed by atoms with Crippen LogP contribution >= 0.6 is 0 Å². The summed E-state index contributed by atoms with van der Waals surface area (Å²) in [7, 11) is 1.67. The Hall–Kier alpha value is -2.56. The molecule has 2 heterocycles. The Morgan fingerprint density at radius 2 is 2.00 bits per heavy atom. The van der Waals surface area contributed by atoms with Crippen LogP contribution in [-0.2, 0) is 13.5 Å². The highest BCUT2D eigenvalue weighted by molar-refractivity contribution is 5.89. The fraction of sp³-hybridized carbons (Fsp3) is 0.333. The molecule has 1 atom stereocenters. The average molecular weight is 311 g/mol. The second-order valence-corrected chi connectivity index (χ2v) is 5.98. The fourth-order valence-corrected chi connectivity index (χ4v) is 3.06. The van der Waals surface area contributed by atoms with E-state index in [1.807, 2.05) is 23.1 Å². The summed E-state index contributed by atoms with van der Waals surface area (Å²) in [5, 5.41) is 2.89. The SMILES string of the molecule is Cn1cc(NC(=O)N2CCCC2Cc2ccccc2)ccc1=O. The van der Waals surface area contributed by atoms with Gasteiger partial charge in [-0.2, -0.15) is 0 Å². The van der Waals surface area contributed by atoms with Crippen LogP contribution in [0.5, 0.6) is 0 Å². The van der Waals surface area contributed by atoms with Gasteiger partial charge in [0.05, 0.1) is 5.69 Å². The van der Waals surface area contributed by atoms with Crippen LogP contribution in [0.15, 0.2) is 53.5 Å². The highest BCUT2D eigenvalue weighted by Crippen LogP contribution is 2.22. The van der Waals surface area contributed by atoms with E-state index < -0.39 is 0 Å². The lowest BCUT2D eigenvalue weighted by Crippen LogP contribution is -2.39. The summed E-state index contributed by atoms with van der Waals surface area (Å²) < 4.78 is 1.46. The maximum atomic E-state index is 12.5. The summed E-state index contributed by atoms with van der Waals surface area (Å²) in [6, 6.07) is 13.5. The van der Waals surface area contributed by atoms with Crippen LogP contribution in [-0.4, -0.2) is 28.1 Å². The quantitative estimate of drug-likeness (QED) is 0.947. The molecule has 2 aromatic rings. The van der Waals surface area contributed by atoms with E-state index in [2.05, 4.69) is 17.4 Å². The van der Waals surface area contributed by atoms with Crippen LogP contribution in [0.3, 0.4) is 0 Å². The summed E-state index contributed by atoms with van der Waals surface area (Å²) in [6.07, 6.45) is 4.57. The van der Waals surface area contributed by atoms with E-state index in [-0.39, 0.29) is 17.6 Å². The zero-order valence-electron chi connectivity index (χ0n) is 13.2. The highest BCUT2D eigenvalue weighted by atomic mass is 16.2. The van der Waals surface area contributed by atoms with Gasteiger partial charge in [-0.25, -0.2) is 4.79 Å². The average Bonchev–Trinajstić information content (AvgIpc) is 3.00. The van der Waals surface area contributed by atoms with Crippen LogP contribution < -0.4 is 10.9 Å². The number of carbonyl (C=O) groups is 1. The van der Waals surface area contributed by atoms with Gasteiger partial charge in [0.15, 0.2) is 0 Å². The standard InChI is InChI=1S/C18H21N3O2/c1-20-13-15(9-10-17(20)22)19-18(23)21-11-5-8-16(21)12-14-6-3-2-4-7-14/h2-4,6-7,9-10,13,16H,5,8,11-12H2,1H3,(H,19,23). The molecule has 1 N–H and O–H groups in total. The summed E-state index contributed by atoms with van der Waals surface area (Å²) >= 11 is 0. The summed E-state index contributed by atoms with van der Waals surface area (Å²) in [4.78, 5) is 25.8. The van der Waals surface area contributed by atoms with Crippen molar-refractivity contribution in [3.05, 3.63) is 64.6 Å². The first-order valence-electron chi connectivity index (χ1n) is 7.92. The Morgan fingerprint density at radius 3 is 2.74 bits per heavy atom. The molecule has 1 saturated heterocycles. The van der Waals surface area contributed by atoms with Gasteiger partial charge in [-0.05, 0) is 30.9 Å². The normalized spacial score (nSPS) is 17.3. The Morgan fingerprint density at radius 1 is 1.22 bits per heavy atom. The third kappa shape index (κ3) is 3.62. The third-order valence-corrected chi connectivity index (χ3v) is 4.29. The number of pyridine rings is 1. The second-order valence-electron chi connectivity index (χ2n) is 5.98. The lowest BCUT2D eigenvalue weighted by Gasteiger charge is -2.25. The maximum Gasteiger partial charge on any atom is 0.322 e. The van der Waals surface area contributed by atoms with Gasteiger partial charge in [0.1, 0.15) is 0 Å². The predicted octanol–water partition coefficient (Wildman–Crippen LogP) is 2.62. The van der Waals surface area contributed by atoms with Crippen molar-refractivity contribution >= 4 is 11.7 Å². The molecule has 0 aliphatic carbocycles. The van der Waals surface area contributed by atoms with Crippen molar-refractivity contribution in [3.8, 4) is 0 Å². The minimum absolute atomic E-state index is 0.0916. The van der Waals surface area contributed by atoms with Crippen LogP contribution in [0.4, 0.5) is 10.5 Å². The van der Waals surface area contributed by atoms with Crippen LogP contribution in [0.25, 0.3) is 0 Å². The first-order valence-corrected chi connectivity index (χ1v) is 7.92. The zero-order valence-corrected chi connectivity index (χ0v) is 13.2. The van der Waals surface area contributed by atoms with Crippen LogP contribution in [0.2, 0.25) is 0 Å². The molecule has 0 radical (unpaired) electrons. The number of urea groups is 1. The highest BCUT2D eigenvalue weighted by Gasteiger charge is 2.28.